The summed E-state index contributed by atoms with van der Waals surface area (Å²) in [5.41, 5.74) is 1.66. The highest BCUT2D eigenvalue weighted by molar-refractivity contribution is 8.00. The number of para-hydroxylation sites is 1. The highest BCUT2D eigenvalue weighted by Crippen LogP contribution is 2.38. The van der Waals surface area contributed by atoms with E-state index in [-0.39, 0.29) is 0 Å². The Morgan fingerprint density at radius 3 is 3.00 bits per heavy atom. The number of fused-ring (bicyclic) bond motifs is 1. The highest BCUT2D eigenvalue weighted by Gasteiger charge is 2.39. The van der Waals surface area contributed by atoms with E-state index in [1.54, 1.807) is 0 Å². The Labute approximate surface area is 111 Å². The molecule has 0 aliphatic carbocycles. The van der Waals surface area contributed by atoms with E-state index in [2.05, 4.69) is 18.0 Å². The van der Waals surface area contributed by atoms with E-state index in [9.17, 15) is 5.11 Å². The third kappa shape index (κ3) is 2.02. The molecule has 1 aliphatic heterocycles. The summed E-state index contributed by atoms with van der Waals surface area (Å²) in [5.74, 6) is 1.06. The SMILES string of the molecule is CC1SCCC1(O)Cc1ccnc2ccccc12. The zero-order chi connectivity index (χ0) is 12.6. The maximum atomic E-state index is 10.7. The molecule has 1 saturated heterocycles. The van der Waals surface area contributed by atoms with Crippen LogP contribution in [0.25, 0.3) is 10.9 Å². The molecule has 0 saturated carbocycles. The van der Waals surface area contributed by atoms with Crippen molar-refractivity contribution >= 4 is 22.7 Å². The maximum absolute atomic E-state index is 10.7. The fourth-order valence-electron chi connectivity index (χ4n) is 2.64. The quantitative estimate of drug-likeness (QED) is 0.900. The summed E-state index contributed by atoms with van der Waals surface area (Å²) in [6, 6.07) is 10.2. The Kier molecular flexibility index (Phi) is 3.04. The van der Waals surface area contributed by atoms with Crippen LogP contribution in [0.4, 0.5) is 0 Å². The van der Waals surface area contributed by atoms with Crippen molar-refractivity contribution in [1.82, 2.24) is 4.98 Å². The molecule has 1 aromatic carbocycles. The summed E-state index contributed by atoms with van der Waals surface area (Å²) in [7, 11) is 0. The first-order valence-corrected chi connectivity index (χ1v) is 7.40. The van der Waals surface area contributed by atoms with E-state index in [0.717, 1.165) is 29.5 Å². The molecule has 2 unspecified atom stereocenters. The molecule has 0 amide bonds. The highest BCUT2D eigenvalue weighted by atomic mass is 32.2. The van der Waals surface area contributed by atoms with Gasteiger partial charge in [-0.15, -0.1) is 0 Å². The standard InChI is InChI=1S/C15H17NOS/c1-11-15(17,7-9-18-11)10-12-6-8-16-14-5-3-2-4-13(12)14/h2-6,8,11,17H,7,9-10H2,1H3. The zero-order valence-corrected chi connectivity index (χ0v) is 11.3. The molecule has 1 aliphatic rings. The molecule has 3 heteroatoms. The molecule has 3 rings (SSSR count). The number of benzene rings is 1. The van der Waals surface area contributed by atoms with Gasteiger partial charge in [-0.2, -0.15) is 11.8 Å². The summed E-state index contributed by atoms with van der Waals surface area (Å²) < 4.78 is 0. The lowest BCUT2D eigenvalue weighted by atomic mass is 9.88. The normalized spacial score (nSPS) is 27.8. The van der Waals surface area contributed by atoms with Gasteiger partial charge in [-0.1, -0.05) is 25.1 Å². The molecular weight excluding hydrogens is 242 g/mol. The van der Waals surface area contributed by atoms with E-state index in [1.165, 1.54) is 5.56 Å². The van der Waals surface area contributed by atoms with Gasteiger partial charge in [0.25, 0.3) is 0 Å². The molecule has 0 radical (unpaired) electrons. The van der Waals surface area contributed by atoms with Gasteiger partial charge in [-0.05, 0) is 29.9 Å². The average Bonchev–Trinajstić information content (AvgIpc) is 2.70. The zero-order valence-electron chi connectivity index (χ0n) is 10.5. The minimum absolute atomic E-state index is 0.310. The predicted octanol–water partition coefficient (Wildman–Crippen LogP) is 3.03. The topological polar surface area (TPSA) is 33.1 Å². The molecule has 1 N–H and O–H groups in total. The number of pyridine rings is 1. The number of nitrogens with zero attached hydrogens (tertiary/aromatic N) is 1. The summed E-state index contributed by atoms with van der Waals surface area (Å²) in [6.45, 7) is 2.13. The number of rotatable bonds is 2. The smallest absolute Gasteiger partial charge is 0.0811 e. The first-order valence-electron chi connectivity index (χ1n) is 6.36. The van der Waals surface area contributed by atoms with Gasteiger partial charge in [0.05, 0.1) is 11.1 Å². The lowest BCUT2D eigenvalue weighted by Gasteiger charge is -2.27. The van der Waals surface area contributed by atoms with Crippen LogP contribution in [-0.4, -0.2) is 26.7 Å². The molecule has 2 nitrogen and oxygen atoms in total. The van der Waals surface area contributed by atoms with Crippen LogP contribution < -0.4 is 0 Å². The first-order chi connectivity index (χ1) is 8.69. The van der Waals surface area contributed by atoms with Gasteiger partial charge in [0.1, 0.15) is 0 Å². The fourth-order valence-corrected chi connectivity index (χ4v) is 3.98. The lowest BCUT2D eigenvalue weighted by Crippen LogP contribution is -2.37. The van der Waals surface area contributed by atoms with E-state index in [0.29, 0.717) is 5.25 Å². The number of aliphatic hydroxyl groups is 1. The van der Waals surface area contributed by atoms with Crippen molar-refractivity contribution < 1.29 is 5.11 Å². The van der Waals surface area contributed by atoms with Crippen LogP contribution in [0.5, 0.6) is 0 Å². The molecule has 0 bridgehead atoms. The average molecular weight is 259 g/mol. The van der Waals surface area contributed by atoms with Crippen LogP contribution in [-0.2, 0) is 6.42 Å². The maximum Gasteiger partial charge on any atom is 0.0811 e. The van der Waals surface area contributed by atoms with Crippen molar-refractivity contribution in [3.05, 3.63) is 42.1 Å². The molecule has 94 valence electrons. The van der Waals surface area contributed by atoms with Crippen LogP contribution in [0.1, 0.15) is 18.9 Å². The van der Waals surface area contributed by atoms with Crippen LogP contribution >= 0.6 is 11.8 Å². The van der Waals surface area contributed by atoms with Crippen molar-refractivity contribution in [2.24, 2.45) is 0 Å². The van der Waals surface area contributed by atoms with Crippen molar-refractivity contribution in [2.45, 2.75) is 30.6 Å². The van der Waals surface area contributed by atoms with Gasteiger partial charge in [0, 0.05) is 23.3 Å². The molecule has 2 atom stereocenters. The molecular formula is C15H17NOS. The Morgan fingerprint density at radius 1 is 1.39 bits per heavy atom. The van der Waals surface area contributed by atoms with Gasteiger partial charge in [-0.3, -0.25) is 4.98 Å². The van der Waals surface area contributed by atoms with Crippen molar-refractivity contribution in [3.63, 3.8) is 0 Å². The second-order valence-electron chi connectivity index (χ2n) is 5.03. The van der Waals surface area contributed by atoms with E-state index >= 15 is 0 Å². The lowest BCUT2D eigenvalue weighted by molar-refractivity contribution is 0.0467. The second-order valence-corrected chi connectivity index (χ2v) is 6.48. The van der Waals surface area contributed by atoms with Gasteiger partial charge in [0.2, 0.25) is 0 Å². The monoisotopic (exact) mass is 259 g/mol. The van der Waals surface area contributed by atoms with Crippen molar-refractivity contribution in [2.75, 3.05) is 5.75 Å². The van der Waals surface area contributed by atoms with Gasteiger partial charge in [0.15, 0.2) is 0 Å². The van der Waals surface area contributed by atoms with E-state index in [4.69, 9.17) is 0 Å². The molecule has 0 spiro atoms. The number of thioether (sulfide) groups is 1. The minimum Gasteiger partial charge on any atom is -0.388 e. The number of hydrogen-bond donors (Lipinski definition) is 1. The van der Waals surface area contributed by atoms with Crippen molar-refractivity contribution in [1.29, 1.82) is 0 Å². The third-order valence-electron chi connectivity index (χ3n) is 3.90. The molecule has 1 fully saturated rings. The Bertz CT molecular complexity index is 566. The summed E-state index contributed by atoms with van der Waals surface area (Å²) in [5, 5.41) is 12.2. The first kappa shape index (κ1) is 12.0. The Morgan fingerprint density at radius 2 is 2.22 bits per heavy atom. The second kappa shape index (κ2) is 4.56. The van der Waals surface area contributed by atoms with Crippen LogP contribution in [0.3, 0.4) is 0 Å². The Hall–Kier alpha value is -1.06. The largest absolute Gasteiger partial charge is 0.388 e. The fraction of sp³-hybridized carbons (Fsp3) is 0.400. The molecule has 2 heterocycles. The van der Waals surface area contributed by atoms with E-state index in [1.807, 2.05) is 42.2 Å². The molecule has 2 aromatic rings. The van der Waals surface area contributed by atoms with E-state index < -0.39 is 5.60 Å². The summed E-state index contributed by atoms with van der Waals surface area (Å²) in [6.07, 6.45) is 3.45. The van der Waals surface area contributed by atoms with Crippen LogP contribution in [0.15, 0.2) is 36.5 Å². The number of hydrogen-bond acceptors (Lipinski definition) is 3. The third-order valence-corrected chi connectivity index (χ3v) is 5.27. The summed E-state index contributed by atoms with van der Waals surface area (Å²) >= 11 is 1.86. The summed E-state index contributed by atoms with van der Waals surface area (Å²) in [4.78, 5) is 4.37. The van der Waals surface area contributed by atoms with Crippen LogP contribution in [0.2, 0.25) is 0 Å². The Balaban J connectivity index is 2.00. The molecule has 18 heavy (non-hydrogen) atoms. The predicted molar refractivity (Wildman–Crippen MR) is 76.9 cm³/mol. The van der Waals surface area contributed by atoms with Gasteiger partial charge < -0.3 is 5.11 Å². The number of aromatic nitrogens is 1. The van der Waals surface area contributed by atoms with Crippen molar-refractivity contribution in [3.8, 4) is 0 Å². The molecule has 1 aromatic heterocycles. The van der Waals surface area contributed by atoms with Gasteiger partial charge in [-0.25, -0.2) is 0 Å². The minimum atomic E-state index is -0.561. The van der Waals surface area contributed by atoms with Crippen LogP contribution in [0, 0.1) is 0 Å². The van der Waals surface area contributed by atoms with Gasteiger partial charge >= 0.3 is 0 Å².